The second-order valence-electron chi connectivity index (χ2n) is 4.57. The summed E-state index contributed by atoms with van der Waals surface area (Å²) in [5.41, 5.74) is 0. The number of fused-ring (bicyclic) bond motifs is 1. The summed E-state index contributed by atoms with van der Waals surface area (Å²) in [7, 11) is 0. The first-order valence-corrected chi connectivity index (χ1v) is 5.56. The molecule has 2 saturated carbocycles. The van der Waals surface area contributed by atoms with Crippen LogP contribution in [-0.4, -0.2) is 11.2 Å². The van der Waals surface area contributed by atoms with Gasteiger partial charge >= 0.3 is 0 Å². The minimum absolute atomic E-state index is 0.0492. The highest BCUT2D eigenvalue weighted by Gasteiger charge is 2.41. The third kappa shape index (κ3) is 2.01. The first kappa shape index (κ1) is 8.55. The van der Waals surface area contributed by atoms with Gasteiger partial charge in [-0.2, -0.15) is 0 Å². The average molecular weight is 168 g/mol. The third-order valence-corrected chi connectivity index (χ3v) is 3.55. The van der Waals surface area contributed by atoms with E-state index in [2.05, 4.69) is 0 Å². The maximum atomic E-state index is 9.74. The molecule has 0 unspecified atom stereocenters. The predicted molar refractivity (Wildman–Crippen MR) is 49.9 cm³/mol. The van der Waals surface area contributed by atoms with Crippen molar-refractivity contribution in [2.45, 2.75) is 57.5 Å². The molecule has 1 nitrogen and oxygen atoms in total. The Morgan fingerprint density at radius 3 is 2.33 bits per heavy atom. The van der Waals surface area contributed by atoms with Crippen LogP contribution in [-0.2, 0) is 0 Å². The molecule has 0 aliphatic heterocycles. The van der Waals surface area contributed by atoms with Crippen LogP contribution >= 0.6 is 0 Å². The Morgan fingerprint density at radius 1 is 0.833 bits per heavy atom. The number of rotatable bonds is 0. The molecule has 2 aliphatic rings. The number of hydrogen-bond donors (Lipinski definition) is 1. The van der Waals surface area contributed by atoms with E-state index in [4.69, 9.17) is 0 Å². The highest BCUT2D eigenvalue weighted by molar-refractivity contribution is 4.91. The fraction of sp³-hybridized carbons (Fsp3) is 1.00. The molecule has 0 radical (unpaired) electrons. The van der Waals surface area contributed by atoms with E-state index in [0.717, 1.165) is 12.3 Å². The normalized spacial score (nSPS) is 43.2. The van der Waals surface area contributed by atoms with Crippen molar-refractivity contribution in [1.82, 2.24) is 0 Å². The molecule has 0 bridgehead atoms. The van der Waals surface area contributed by atoms with Crippen LogP contribution in [0.4, 0.5) is 0 Å². The molecule has 70 valence electrons. The summed E-state index contributed by atoms with van der Waals surface area (Å²) in [5, 5.41) is 9.74. The highest BCUT2D eigenvalue weighted by atomic mass is 16.3. The van der Waals surface area contributed by atoms with Crippen molar-refractivity contribution in [3.05, 3.63) is 0 Å². The van der Waals surface area contributed by atoms with Gasteiger partial charge in [0.1, 0.15) is 0 Å². The van der Waals surface area contributed by atoms with Crippen LogP contribution in [0.25, 0.3) is 0 Å². The maximum absolute atomic E-state index is 9.74. The van der Waals surface area contributed by atoms with Crippen molar-refractivity contribution < 1.29 is 5.11 Å². The summed E-state index contributed by atoms with van der Waals surface area (Å²) in [6.45, 7) is 0. The Bertz CT molecular complexity index is 144. The molecule has 0 heterocycles. The van der Waals surface area contributed by atoms with Crippen LogP contribution in [0.2, 0.25) is 0 Å². The largest absolute Gasteiger partial charge is 0.393 e. The minimum Gasteiger partial charge on any atom is -0.393 e. The zero-order valence-electron chi connectivity index (χ0n) is 7.84. The third-order valence-electron chi connectivity index (χ3n) is 3.55. The molecule has 0 aromatic heterocycles. The molecule has 1 N–H and O–H groups in total. The van der Waals surface area contributed by atoms with Gasteiger partial charge in [-0.3, -0.25) is 0 Å². The minimum atomic E-state index is 0.0492. The Labute approximate surface area is 75.2 Å². The van der Waals surface area contributed by atoms with Crippen LogP contribution in [0.3, 0.4) is 0 Å². The van der Waals surface area contributed by atoms with Crippen LogP contribution in [0.5, 0.6) is 0 Å². The van der Waals surface area contributed by atoms with E-state index in [0.29, 0.717) is 5.92 Å². The van der Waals surface area contributed by atoms with Crippen molar-refractivity contribution in [2.24, 2.45) is 11.8 Å². The van der Waals surface area contributed by atoms with Gasteiger partial charge in [0.25, 0.3) is 0 Å². The smallest absolute Gasteiger partial charge is 0.0571 e. The molecule has 12 heavy (non-hydrogen) atoms. The molecule has 0 spiro atoms. The first-order chi connectivity index (χ1) is 5.88. The van der Waals surface area contributed by atoms with Crippen LogP contribution < -0.4 is 0 Å². The molecule has 2 fully saturated rings. The predicted octanol–water partition coefficient (Wildman–Crippen LogP) is 2.73. The van der Waals surface area contributed by atoms with Crippen LogP contribution in [0.15, 0.2) is 0 Å². The molecule has 0 aromatic rings. The van der Waals surface area contributed by atoms with Crippen molar-refractivity contribution in [1.29, 1.82) is 0 Å². The lowest BCUT2D eigenvalue weighted by Gasteiger charge is -2.12. The van der Waals surface area contributed by atoms with Crippen molar-refractivity contribution in [3.63, 3.8) is 0 Å². The van der Waals surface area contributed by atoms with E-state index >= 15 is 0 Å². The standard InChI is InChI=1S/C11H20O/c12-11-7-5-3-1-2-4-6-9-8-10(9)11/h9-12H,1-8H2/t9-,10+,11+/m1/s1. The van der Waals surface area contributed by atoms with Crippen molar-refractivity contribution >= 4 is 0 Å². The summed E-state index contributed by atoms with van der Waals surface area (Å²) in [5.74, 6) is 1.60. The van der Waals surface area contributed by atoms with Gasteiger partial charge in [-0.25, -0.2) is 0 Å². The van der Waals surface area contributed by atoms with Crippen molar-refractivity contribution in [2.75, 3.05) is 0 Å². The van der Waals surface area contributed by atoms with Crippen molar-refractivity contribution in [3.8, 4) is 0 Å². The second kappa shape index (κ2) is 3.78. The highest BCUT2D eigenvalue weighted by Crippen LogP contribution is 2.46. The monoisotopic (exact) mass is 168 g/mol. The molecular formula is C11H20O. The van der Waals surface area contributed by atoms with E-state index in [9.17, 15) is 5.11 Å². The van der Waals surface area contributed by atoms with Gasteiger partial charge in [0, 0.05) is 0 Å². The molecule has 1 heteroatoms. The molecule has 2 rings (SSSR count). The van der Waals surface area contributed by atoms with Crippen LogP contribution in [0.1, 0.15) is 51.4 Å². The molecule has 0 amide bonds. The summed E-state index contributed by atoms with van der Waals surface area (Å²) >= 11 is 0. The Hall–Kier alpha value is -0.0400. The van der Waals surface area contributed by atoms with E-state index in [1.807, 2.05) is 0 Å². The van der Waals surface area contributed by atoms with E-state index in [-0.39, 0.29) is 6.10 Å². The van der Waals surface area contributed by atoms with Gasteiger partial charge in [0.2, 0.25) is 0 Å². The van der Waals surface area contributed by atoms with Gasteiger partial charge in [0.05, 0.1) is 6.10 Å². The first-order valence-electron chi connectivity index (χ1n) is 5.56. The molecule has 3 atom stereocenters. The van der Waals surface area contributed by atoms with E-state index in [1.165, 1.54) is 44.9 Å². The quantitative estimate of drug-likeness (QED) is 0.589. The van der Waals surface area contributed by atoms with Gasteiger partial charge in [0.15, 0.2) is 0 Å². The molecule has 0 aromatic carbocycles. The van der Waals surface area contributed by atoms with Gasteiger partial charge < -0.3 is 5.11 Å². The topological polar surface area (TPSA) is 20.2 Å². The van der Waals surface area contributed by atoms with E-state index < -0.39 is 0 Å². The lowest BCUT2D eigenvalue weighted by atomic mass is 9.99. The zero-order valence-corrected chi connectivity index (χ0v) is 7.84. The summed E-state index contributed by atoms with van der Waals surface area (Å²) in [4.78, 5) is 0. The molecule has 2 aliphatic carbocycles. The fourth-order valence-corrected chi connectivity index (χ4v) is 2.58. The summed E-state index contributed by atoms with van der Waals surface area (Å²) in [6.07, 6.45) is 10.7. The Balaban J connectivity index is 1.80. The lowest BCUT2D eigenvalue weighted by molar-refractivity contribution is 0.129. The maximum Gasteiger partial charge on any atom is 0.0571 e. The Kier molecular flexibility index (Phi) is 2.69. The average Bonchev–Trinajstić information content (AvgIpc) is 2.82. The zero-order chi connectivity index (χ0) is 8.39. The van der Waals surface area contributed by atoms with Crippen LogP contribution in [0, 0.1) is 11.8 Å². The summed E-state index contributed by atoms with van der Waals surface area (Å²) < 4.78 is 0. The van der Waals surface area contributed by atoms with Gasteiger partial charge in [-0.05, 0) is 24.7 Å². The molecular weight excluding hydrogens is 148 g/mol. The fourth-order valence-electron chi connectivity index (χ4n) is 2.58. The van der Waals surface area contributed by atoms with Gasteiger partial charge in [-0.1, -0.05) is 38.5 Å². The Morgan fingerprint density at radius 2 is 1.50 bits per heavy atom. The molecule has 0 saturated heterocycles. The number of hydrogen-bond acceptors (Lipinski definition) is 1. The summed E-state index contributed by atoms with van der Waals surface area (Å²) in [6, 6.07) is 0. The van der Waals surface area contributed by atoms with E-state index in [1.54, 1.807) is 0 Å². The SMILES string of the molecule is O[C@H]1CCCCCCC[C@@H]2C[C@@H]21. The number of aliphatic hydroxyl groups is 1. The number of aliphatic hydroxyl groups excluding tert-OH is 1. The second-order valence-corrected chi connectivity index (χ2v) is 4.57. The lowest BCUT2D eigenvalue weighted by Crippen LogP contribution is -2.11. The van der Waals surface area contributed by atoms with Gasteiger partial charge in [-0.15, -0.1) is 0 Å².